The highest BCUT2D eigenvalue weighted by Gasteiger charge is 2.37. The molecule has 17 aromatic rings. The molecule has 17 rings (SSSR count). The molecule has 10 N–H and O–H groups in total. The van der Waals surface area contributed by atoms with Gasteiger partial charge in [-0.05, 0) is 225 Å². The number of carbonyl (C=O) groups is 2. The molecule has 0 radical (unpaired) electrons. The molecule has 0 bridgehead atoms. The van der Waals surface area contributed by atoms with Crippen molar-refractivity contribution in [3.63, 3.8) is 0 Å². The van der Waals surface area contributed by atoms with E-state index in [0.29, 0.717) is 65.5 Å². The Morgan fingerprint density at radius 2 is 0.667 bits per heavy atom. The first-order valence-corrected chi connectivity index (χ1v) is 43.3. The molecule has 8 aromatic heterocycles. The number of urea groups is 1. The third-order valence-electron chi connectivity index (χ3n) is 23.6. The SMILES string of the molecule is COCC(C)(C)c1c(CCCN)c2cc3[nH]ncc3cc2n1-c1ccc(F)cc1.COCC(C)(C)c1c(CCCNC(=O)OCc2ccccc2)c2cc3[nH]ncc3cc2n1-c1ccc(F)cc1.COCC(C)(C)c1c(CCCNC(N)=O)c2cc3[nH]ncc3cc2n1-c1ccc(F)cc1.COCCc1c(C(C)(C)COC)n(-c2ccc(F)cc2)c2cc3cn[nH]c3cc12. The first-order valence-electron chi connectivity index (χ1n) is 43.3. The molecule has 0 spiro atoms. The van der Waals surface area contributed by atoms with E-state index < -0.39 is 12.1 Å². The van der Waals surface area contributed by atoms with Gasteiger partial charge < -0.3 is 68.8 Å². The molecule has 0 fully saturated rings. The monoisotopic (exact) mass is 1750 g/mol. The van der Waals surface area contributed by atoms with Gasteiger partial charge in [-0.1, -0.05) is 85.7 Å². The smallest absolute Gasteiger partial charge is 0.407 e. The molecule has 0 aliphatic rings. The summed E-state index contributed by atoms with van der Waals surface area (Å²) in [6.45, 7) is 21.9. The van der Waals surface area contributed by atoms with Crippen LogP contribution < -0.4 is 22.1 Å². The molecular weight excluding hydrogens is 1640 g/mol. The number of carbonyl (C=O) groups excluding carboxylic acids is 2. The summed E-state index contributed by atoms with van der Waals surface area (Å²) in [7, 11) is 8.55. The minimum absolute atomic E-state index is 0.230. The third kappa shape index (κ3) is 20.2. The Balaban J connectivity index is 0.000000140. The highest BCUT2D eigenvalue weighted by Crippen LogP contribution is 2.45. The van der Waals surface area contributed by atoms with Gasteiger partial charge in [0.25, 0.3) is 0 Å². The van der Waals surface area contributed by atoms with Crippen molar-refractivity contribution in [2.24, 2.45) is 11.5 Å². The number of rotatable bonds is 32. The minimum Gasteiger partial charge on any atom is -0.445 e. The van der Waals surface area contributed by atoms with E-state index in [-0.39, 0.29) is 51.5 Å². The van der Waals surface area contributed by atoms with Gasteiger partial charge in [-0.3, -0.25) is 20.4 Å². The molecule has 0 saturated heterocycles. The molecular formula is C101H114F4N16O8. The second kappa shape index (κ2) is 40.1. The van der Waals surface area contributed by atoms with Gasteiger partial charge in [0, 0.05) is 159 Å². The number of aryl methyl sites for hydroxylation is 3. The van der Waals surface area contributed by atoms with E-state index in [1.807, 2.05) is 67.0 Å². The van der Waals surface area contributed by atoms with Gasteiger partial charge in [0.05, 0.1) is 102 Å². The number of aromatic nitrogens is 12. The summed E-state index contributed by atoms with van der Waals surface area (Å²) in [5.41, 5.74) is 31.8. The molecule has 0 unspecified atom stereocenters. The Hall–Kier alpha value is -13.0. The third-order valence-corrected chi connectivity index (χ3v) is 23.6. The number of hydrogen-bond acceptors (Lipinski definition) is 13. The van der Waals surface area contributed by atoms with Gasteiger partial charge in [0.2, 0.25) is 0 Å². The van der Waals surface area contributed by atoms with Crippen molar-refractivity contribution in [1.29, 1.82) is 0 Å². The lowest BCUT2D eigenvalue weighted by Gasteiger charge is -2.28. The van der Waals surface area contributed by atoms with Crippen LogP contribution in [0.2, 0.25) is 0 Å². The van der Waals surface area contributed by atoms with Crippen LogP contribution in [0.4, 0.5) is 27.2 Å². The number of nitrogens with two attached hydrogens (primary N) is 2. The van der Waals surface area contributed by atoms with Crippen LogP contribution in [-0.4, -0.2) is 159 Å². The standard InChI is InChI=1S/C31H33FN4O3.C24H28FN5O2.C23H27FN4O.C23H26FN3O2/c1-31(2,20-38-3)29-25(10-7-15-33-30(37)39-19-21-8-5-4-6-9-21)26-17-27-22(18-34-35-27)16-28(26)36(29)24-13-11-23(32)12-14-24;1-24(2,14-32-3)22-18(5-4-10-27-23(26)31)19-12-20-15(13-28-29-20)11-21(19)30(22)17-8-6-16(25)7-9-17;1-23(2,14-29-3)22-18(5-4-10-25)19-12-20-15(13-26-27-20)11-21(19)28(22)17-8-6-16(24)7-9-17;1-23(2,14-29-4)22-18(9-10-28-3)19-12-20-15(13-25-26-20)11-21(19)27(22)17-7-5-16(24)6-8-17/h4-6,8-9,11-14,16-18H,7,10,15,19-20H2,1-3H3,(H,33,37)(H,34,35);6-9,11-13H,4-5,10,14H2,1-3H3,(H,28,29)(H3,26,27,31);6-9,11-13H,4-5,10,14,25H2,1-3H3,(H,26,27);5-8,11-13H,9-10,14H2,1-4H3,(H,25,26). The molecule has 674 valence electrons. The Kier molecular flexibility index (Phi) is 28.7. The van der Waals surface area contributed by atoms with Crippen LogP contribution in [0, 0.1) is 23.3 Å². The average molecular weight is 1760 g/mol. The van der Waals surface area contributed by atoms with Crippen molar-refractivity contribution in [1.82, 2.24) is 69.7 Å². The van der Waals surface area contributed by atoms with Crippen LogP contribution in [0.25, 0.3) is 110 Å². The van der Waals surface area contributed by atoms with Crippen molar-refractivity contribution in [3.8, 4) is 22.7 Å². The number of H-pyrrole nitrogens is 4. The fourth-order valence-electron chi connectivity index (χ4n) is 18.4. The van der Waals surface area contributed by atoms with Gasteiger partial charge in [-0.25, -0.2) is 27.2 Å². The largest absolute Gasteiger partial charge is 0.445 e. The summed E-state index contributed by atoms with van der Waals surface area (Å²) in [6, 6.07) is 52.5. The number of nitrogens with one attached hydrogen (secondary N) is 6. The lowest BCUT2D eigenvalue weighted by atomic mass is 9.85. The van der Waals surface area contributed by atoms with Crippen LogP contribution >= 0.6 is 0 Å². The summed E-state index contributed by atoms with van der Waals surface area (Å²) >= 11 is 0. The minimum atomic E-state index is -0.530. The fourth-order valence-corrected chi connectivity index (χ4v) is 18.4. The van der Waals surface area contributed by atoms with Crippen LogP contribution in [-0.2, 0) is 82.4 Å². The molecule has 129 heavy (non-hydrogen) atoms. The Morgan fingerprint density at radius 1 is 0.380 bits per heavy atom. The predicted octanol–water partition coefficient (Wildman–Crippen LogP) is 19.8. The van der Waals surface area contributed by atoms with Gasteiger partial charge in [0.15, 0.2) is 0 Å². The van der Waals surface area contributed by atoms with Crippen molar-refractivity contribution >= 4 is 99.3 Å². The maximum Gasteiger partial charge on any atom is 0.407 e. The Morgan fingerprint density at radius 3 is 0.946 bits per heavy atom. The number of nitrogens with zero attached hydrogens (tertiary/aromatic N) is 8. The summed E-state index contributed by atoms with van der Waals surface area (Å²) in [6.07, 6.45) is 12.2. The number of ether oxygens (including phenoxy) is 6. The van der Waals surface area contributed by atoms with Gasteiger partial charge >= 0.3 is 12.1 Å². The zero-order chi connectivity index (χ0) is 91.5. The number of methoxy groups -OCH3 is 5. The highest BCUT2D eigenvalue weighted by molar-refractivity contribution is 6.02. The van der Waals surface area contributed by atoms with E-state index in [2.05, 4.69) is 174 Å². The predicted molar refractivity (Wildman–Crippen MR) is 503 cm³/mol. The van der Waals surface area contributed by atoms with E-state index in [4.69, 9.17) is 39.9 Å². The average Bonchev–Trinajstić information content (AvgIpc) is 1.59. The molecule has 9 aromatic carbocycles. The quantitative estimate of drug-likeness (QED) is 0.0144. The summed E-state index contributed by atoms with van der Waals surface area (Å²) in [5.74, 6) is -1.06. The molecule has 8 heterocycles. The van der Waals surface area contributed by atoms with Gasteiger partial charge in [0.1, 0.15) is 29.9 Å². The van der Waals surface area contributed by atoms with E-state index >= 15 is 0 Å². The number of aromatic amines is 4. The summed E-state index contributed by atoms with van der Waals surface area (Å²) in [5, 5.41) is 43.1. The zero-order valence-electron chi connectivity index (χ0n) is 75.4. The second-order valence-corrected chi connectivity index (χ2v) is 35.3. The van der Waals surface area contributed by atoms with Gasteiger partial charge in [-0.2, -0.15) is 20.4 Å². The number of benzene rings is 9. The number of halogens is 4. The van der Waals surface area contributed by atoms with E-state index in [0.717, 1.165) is 170 Å². The first-order chi connectivity index (χ1) is 62.1. The lowest BCUT2D eigenvalue weighted by molar-refractivity contribution is 0.139. The molecule has 3 amide bonds. The number of alkyl carbamates (subject to hydrolysis) is 1. The van der Waals surface area contributed by atoms with Crippen molar-refractivity contribution in [2.75, 3.05) is 88.2 Å². The van der Waals surface area contributed by atoms with E-state index in [1.54, 1.807) is 72.2 Å². The van der Waals surface area contributed by atoms with E-state index in [9.17, 15) is 27.2 Å². The second-order valence-electron chi connectivity index (χ2n) is 35.3. The number of amides is 3. The molecule has 0 aliphatic heterocycles. The van der Waals surface area contributed by atoms with E-state index in [1.165, 1.54) is 70.7 Å². The van der Waals surface area contributed by atoms with Crippen molar-refractivity contribution < 1.29 is 55.6 Å². The summed E-state index contributed by atoms with van der Waals surface area (Å²) in [4.78, 5) is 23.4. The topological polar surface area (TPSA) is 300 Å². The number of hydrogen-bond donors (Lipinski definition) is 8. The Labute approximate surface area is 746 Å². The number of fused-ring (bicyclic) bond motifs is 8. The number of primary amides is 1. The maximum atomic E-state index is 13.9. The van der Waals surface area contributed by atoms with Gasteiger partial charge in [-0.15, -0.1) is 0 Å². The van der Waals surface area contributed by atoms with Crippen molar-refractivity contribution in [3.05, 3.63) is 275 Å². The molecule has 24 nitrogen and oxygen atoms in total. The Bertz CT molecular complexity index is 6530. The fraction of sp³-hybridized carbons (Fsp3) is 0.327. The lowest BCUT2D eigenvalue weighted by Crippen LogP contribution is -2.31. The van der Waals surface area contributed by atoms with Crippen LogP contribution in [0.3, 0.4) is 0 Å². The zero-order valence-corrected chi connectivity index (χ0v) is 75.4. The molecule has 0 atom stereocenters. The van der Waals surface area contributed by atoms with Crippen molar-refractivity contribution in [2.45, 2.75) is 129 Å². The maximum absolute atomic E-state index is 13.9. The molecule has 0 aliphatic carbocycles. The van der Waals surface area contributed by atoms with Crippen LogP contribution in [0.1, 0.15) is 125 Å². The first kappa shape index (κ1) is 92.2. The van der Waals surface area contributed by atoms with Crippen LogP contribution in [0.15, 0.2) is 201 Å². The summed E-state index contributed by atoms with van der Waals surface area (Å²) < 4.78 is 96.9. The normalized spacial score (nSPS) is 12.1. The molecule has 0 saturated carbocycles. The van der Waals surface area contributed by atoms with Crippen LogP contribution in [0.5, 0.6) is 0 Å². The highest BCUT2D eigenvalue weighted by atomic mass is 19.1. The molecule has 28 heteroatoms.